The quantitative estimate of drug-likeness (QED) is 0.636. The molecule has 1 heterocycles. The molecule has 21 heavy (non-hydrogen) atoms. The SMILES string of the molecule is COC(=O)C1COCCN1C(=O)c1cc(N)cc(OC)c1. The van der Waals surface area contributed by atoms with Gasteiger partial charge in [0, 0.05) is 23.9 Å². The van der Waals surface area contributed by atoms with Crippen molar-refractivity contribution in [3.05, 3.63) is 23.8 Å². The summed E-state index contributed by atoms with van der Waals surface area (Å²) in [5, 5.41) is 0. The highest BCUT2D eigenvalue weighted by Crippen LogP contribution is 2.21. The first-order valence-electron chi connectivity index (χ1n) is 6.48. The molecule has 0 bridgehead atoms. The molecule has 0 spiro atoms. The number of nitrogens with zero attached hydrogens (tertiary/aromatic N) is 1. The van der Waals surface area contributed by atoms with Gasteiger partial charge in [-0.15, -0.1) is 0 Å². The number of nitrogens with two attached hydrogens (primary N) is 1. The molecule has 0 radical (unpaired) electrons. The van der Waals surface area contributed by atoms with Crippen LogP contribution >= 0.6 is 0 Å². The van der Waals surface area contributed by atoms with Crippen LogP contribution in [-0.2, 0) is 14.3 Å². The molecular weight excluding hydrogens is 276 g/mol. The Hall–Kier alpha value is -2.28. The van der Waals surface area contributed by atoms with E-state index < -0.39 is 12.0 Å². The maximum atomic E-state index is 12.6. The number of benzene rings is 1. The van der Waals surface area contributed by atoms with E-state index in [9.17, 15) is 9.59 Å². The summed E-state index contributed by atoms with van der Waals surface area (Å²) in [6, 6.07) is 4.01. The lowest BCUT2D eigenvalue weighted by Crippen LogP contribution is -2.53. The molecule has 0 aliphatic carbocycles. The second-order valence-electron chi connectivity index (χ2n) is 4.61. The van der Waals surface area contributed by atoms with Crippen molar-refractivity contribution >= 4 is 17.6 Å². The van der Waals surface area contributed by atoms with Crippen LogP contribution in [-0.4, -0.2) is 56.8 Å². The van der Waals surface area contributed by atoms with E-state index in [0.29, 0.717) is 30.2 Å². The first-order chi connectivity index (χ1) is 10.1. The van der Waals surface area contributed by atoms with Crippen molar-refractivity contribution < 1.29 is 23.8 Å². The van der Waals surface area contributed by atoms with Gasteiger partial charge in [0.05, 0.1) is 27.4 Å². The average Bonchev–Trinajstić information content (AvgIpc) is 2.52. The van der Waals surface area contributed by atoms with Crippen molar-refractivity contribution in [2.45, 2.75) is 6.04 Å². The average molecular weight is 294 g/mol. The standard InChI is InChI=1S/C14H18N2O5/c1-19-11-6-9(5-10(15)7-11)13(17)16-3-4-21-8-12(16)14(18)20-2/h5-7,12H,3-4,8,15H2,1-2H3. The Morgan fingerprint density at radius 3 is 2.76 bits per heavy atom. The van der Waals surface area contributed by atoms with E-state index in [1.165, 1.54) is 19.1 Å². The van der Waals surface area contributed by atoms with E-state index in [0.717, 1.165) is 0 Å². The second-order valence-corrected chi connectivity index (χ2v) is 4.61. The van der Waals surface area contributed by atoms with Crippen LogP contribution < -0.4 is 10.5 Å². The molecule has 1 aromatic rings. The lowest BCUT2D eigenvalue weighted by Gasteiger charge is -2.33. The van der Waals surface area contributed by atoms with Gasteiger partial charge in [-0.05, 0) is 12.1 Å². The molecule has 1 saturated heterocycles. The molecule has 0 aromatic heterocycles. The number of hydrogen-bond acceptors (Lipinski definition) is 6. The van der Waals surface area contributed by atoms with Gasteiger partial charge < -0.3 is 24.8 Å². The van der Waals surface area contributed by atoms with Gasteiger partial charge in [-0.25, -0.2) is 4.79 Å². The molecule has 1 fully saturated rings. The Balaban J connectivity index is 2.28. The summed E-state index contributed by atoms with van der Waals surface area (Å²) >= 11 is 0. The van der Waals surface area contributed by atoms with Gasteiger partial charge in [-0.1, -0.05) is 0 Å². The number of rotatable bonds is 3. The van der Waals surface area contributed by atoms with Crippen LogP contribution in [0.25, 0.3) is 0 Å². The maximum Gasteiger partial charge on any atom is 0.331 e. The van der Waals surface area contributed by atoms with E-state index in [1.807, 2.05) is 0 Å². The second kappa shape index (κ2) is 6.45. The third-order valence-corrected chi connectivity index (χ3v) is 3.27. The first kappa shape index (κ1) is 15.1. The summed E-state index contributed by atoms with van der Waals surface area (Å²) in [5.41, 5.74) is 6.54. The molecule has 114 valence electrons. The summed E-state index contributed by atoms with van der Waals surface area (Å²) < 4.78 is 15.1. The number of hydrogen-bond donors (Lipinski definition) is 1. The highest BCUT2D eigenvalue weighted by atomic mass is 16.5. The van der Waals surface area contributed by atoms with Crippen LogP contribution in [0.1, 0.15) is 10.4 Å². The van der Waals surface area contributed by atoms with Crippen LogP contribution in [0.15, 0.2) is 18.2 Å². The van der Waals surface area contributed by atoms with Crippen molar-refractivity contribution in [3.63, 3.8) is 0 Å². The number of methoxy groups -OCH3 is 2. The summed E-state index contributed by atoms with van der Waals surface area (Å²) in [7, 11) is 2.78. The predicted octanol–water partition coefficient (Wildman–Crippen LogP) is 0.291. The molecule has 2 N–H and O–H groups in total. The van der Waals surface area contributed by atoms with Crippen molar-refractivity contribution in [1.29, 1.82) is 0 Å². The molecule has 0 saturated carbocycles. The van der Waals surface area contributed by atoms with Gasteiger partial charge >= 0.3 is 5.97 Å². The third-order valence-electron chi connectivity index (χ3n) is 3.27. The molecule has 1 unspecified atom stereocenters. The topological polar surface area (TPSA) is 91.1 Å². The Labute approximate surface area is 122 Å². The molecular formula is C14H18N2O5. The van der Waals surface area contributed by atoms with E-state index in [1.54, 1.807) is 18.2 Å². The maximum absolute atomic E-state index is 12.6. The van der Waals surface area contributed by atoms with Gasteiger partial charge in [0.15, 0.2) is 6.04 Å². The Morgan fingerprint density at radius 2 is 2.10 bits per heavy atom. The summed E-state index contributed by atoms with van der Waals surface area (Å²) in [6.07, 6.45) is 0. The number of morpholine rings is 1. The number of anilines is 1. The molecule has 1 aliphatic heterocycles. The minimum Gasteiger partial charge on any atom is -0.497 e. The number of carbonyl (C=O) groups excluding carboxylic acids is 2. The number of esters is 1. The Bertz CT molecular complexity index is 546. The van der Waals surface area contributed by atoms with E-state index >= 15 is 0 Å². The Kier molecular flexibility index (Phi) is 4.64. The molecule has 1 amide bonds. The molecule has 1 aromatic carbocycles. The zero-order chi connectivity index (χ0) is 15.4. The highest BCUT2D eigenvalue weighted by molar-refractivity contribution is 5.98. The summed E-state index contributed by atoms with van der Waals surface area (Å²) in [5.74, 6) is -0.320. The number of ether oxygens (including phenoxy) is 3. The van der Waals surface area contributed by atoms with Crippen LogP contribution in [0.2, 0.25) is 0 Å². The zero-order valence-electron chi connectivity index (χ0n) is 12.0. The Morgan fingerprint density at radius 1 is 1.33 bits per heavy atom. The number of carbonyl (C=O) groups is 2. The van der Waals surface area contributed by atoms with Gasteiger partial charge in [0.2, 0.25) is 0 Å². The zero-order valence-corrected chi connectivity index (χ0v) is 12.0. The molecule has 7 nitrogen and oxygen atoms in total. The summed E-state index contributed by atoms with van der Waals surface area (Å²) in [6.45, 7) is 0.812. The fourth-order valence-corrected chi connectivity index (χ4v) is 2.21. The monoisotopic (exact) mass is 294 g/mol. The van der Waals surface area contributed by atoms with Crippen LogP contribution in [0.5, 0.6) is 5.75 Å². The van der Waals surface area contributed by atoms with Crippen molar-refractivity contribution in [2.75, 3.05) is 39.7 Å². The lowest BCUT2D eigenvalue weighted by atomic mass is 10.1. The summed E-state index contributed by atoms with van der Waals surface area (Å²) in [4.78, 5) is 25.8. The van der Waals surface area contributed by atoms with E-state index in [-0.39, 0.29) is 12.5 Å². The normalized spacial score (nSPS) is 18.2. The van der Waals surface area contributed by atoms with E-state index in [2.05, 4.69) is 0 Å². The van der Waals surface area contributed by atoms with Gasteiger partial charge in [-0.2, -0.15) is 0 Å². The number of nitrogen functional groups attached to an aromatic ring is 1. The molecule has 1 aliphatic rings. The first-order valence-corrected chi connectivity index (χ1v) is 6.48. The van der Waals surface area contributed by atoms with Crippen LogP contribution in [0.4, 0.5) is 5.69 Å². The van der Waals surface area contributed by atoms with Crippen LogP contribution in [0.3, 0.4) is 0 Å². The lowest BCUT2D eigenvalue weighted by molar-refractivity contribution is -0.151. The van der Waals surface area contributed by atoms with Gasteiger partial charge in [-0.3, -0.25) is 4.79 Å². The van der Waals surface area contributed by atoms with Crippen molar-refractivity contribution in [3.8, 4) is 5.75 Å². The van der Waals surface area contributed by atoms with Crippen LogP contribution in [0, 0.1) is 0 Å². The van der Waals surface area contributed by atoms with Crippen molar-refractivity contribution in [2.24, 2.45) is 0 Å². The predicted molar refractivity (Wildman–Crippen MR) is 75.1 cm³/mol. The highest BCUT2D eigenvalue weighted by Gasteiger charge is 2.34. The molecule has 2 rings (SSSR count). The fraction of sp³-hybridized carbons (Fsp3) is 0.429. The van der Waals surface area contributed by atoms with Crippen molar-refractivity contribution in [1.82, 2.24) is 4.90 Å². The smallest absolute Gasteiger partial charge is 0.331 e. The molecule has 1 atom stereocenters. The minimum atomic E-state index is -0.747. The van der Waals surface area contributed by atoms with Gasteiger partial charge in [0.1, 0.15) is 5.75 Å². The minimum absolute atomic E-state index is 0.123. The van der Waals surface area contributed by atoms with Gasteiger partial charge in [0.25, 0.3) is 5.91 Å². The fourth-order valence-electron chi connectivity index (χ4n) is 2.21. The molecule has 7 heteroatoms. The largest absolute Gasteiger partial charge is 0.497 e. The number of amides is 1. The third kappa shape index (κ3) is 3.25. The van der Waals surface area contributed by atoms with E-state index in [4.69, 9.17) is 19.9 Å².